The van der Waals surface area contributed by atoms with Crippen molar-refractivity contribution < 1.29 is 0 Å². The van der Waals surface area contributed by atoms with E-state index in [0.29, 0.717) is 0 Å². The van der Waals surface area contributed by atoms with Gasteiger partial charge in [0.1, 0.15) is 0 Å². The van der Waals surface area contributed by atoms with Crippen LogP contribution in [0.25, 0.3) is 0 Å². The van der Waals surface area contributed by atoms with Gasteiger partial charge in [0.2, 0.25) is 0 Å². The highest BCUT2D eigenvalue weighted by Crippen LogP contribution is 2.17. The molecule has 0 saturated heterocycles. The first kappa shape index (κ1) is 12.3. The summed E-state index contributed by atoms with van der Waals surface area (Å²) in [5.74, 6) is 0. The Morgan fingerprint density at radius 2 is 2.18 bits per heavy atom. The Morgan fingerprint density at radius 3 is 2.82 bits per heavy atom. The van der Waals surface area contributed by atoms with E-state index >= 15 is 0 Å². The van der Waals surface area contributed by atoms with Crippen molar-refractivity contribution in [3.05, 3.63) is 40.1 Å². The molecule has 0 N–H and O–H groups in total. The molecule has 0 saturated carbocycles. The Kier molecular flexibility index (Phi) is 3.97. The van der Waals surface area contributed by atoms with Gasteiger partial charge < -0.3 is 4.57 Å². The fourth-order valence-electron chi connectivity index (χ4n) is 1.93. The molecule has 0 unspecified atom stereocenters. The quantitative estimate of drug-likeness (QED) is 0.812. The second-order valence-corrected chi connectivity index (χ2v) is 5.73. The molecule has 0 aliphatic heterocycles. The zero-order valence-corrected chi connectivity index (χ0v) is 11.5. The Bertz CT molecular complexity index is 472. The molecule has 17 heavy (non-hydrogen) atoms. The molecule has 2 aromatic rings. The van der Waals surface area contributed by atoms with Crippen LogP contribution in [0.1, 0.15) is 22.4 Å². The summed E-state index contributed by atoms with van der Waals surface area (Å²) in [5, 5.41) is 0. The van der Waals surface area contributed by atoms with Crippen LogP contribution in [0.15, 0.2) is 24.7 Å². The topological polar surface area (TPSA) is 21.1 Å². The van der Waals surface area contributed by atoms with Crippen molar-refractivity contribution in [1.82, 2.24) is 14.5 Å². The van der Waals surface area contributed by atoms with Gasteiger partial charge in [0.25, 0.3) is 0 Å². The first-order valence-corrected chi connectivity index (χ1v) is 6.73. The van der Waals surface area contributed by atoms with Gasteiger partial charge in [0.15, 0.2) is 0 Å². The summed E-state index contributed by atoms with van der Waals surface area (Å²) in [5.41, 5.74) is 1.28. The van der Waals surface area contributed by atoms with Crippen molar-refractivity contribution in [2.45, 2.75) is 33.5 Å². The highest BCUT2D eigenvalue weighted by atomic mass is 32.1. The molecule has 3 nitrogen and oxygen atoms in total. The fraction of sp³-hybridized carbons (Fsp3) is 0.462. The Hall–Kier alpha value is -1.13. The van der Waals surface area contributed by atoms with E-state index in [2.05, 4.69) is 47.5 Å². The summed E-state index contributed by atoms with van der Waals surface area (Å²) < 4.78 is 2.19. The largest absolute Gasteiger partial charge is 0.334 e. The van der Waals surface area contributed by atoms with Gasteiger partial charge in [0, 0.05) is 35.6 Å². The molecule has 4 heteroatoms. The predicted molar refractivity (Wildman–Crippen MR) is 72.1 cm³/mol. The van der Waals surface area contributed by atoms with E-state index < -0.39 is 0 Å². The number of hydrogen-bond donors (Lipinski definition) is 0. The molecule has 0 radical (unpaired) electrons. The van der Waals surface area contributed by atoms with E-state index in [0.717, 1.165) is 19.6 Å². The predicted octanol–water partition coefficient (Wildman–Crippen LogP) is 2.90. The normalized spacial score (nSPS) is 11.3. The van der Waals surface area contributed by atoms with Crippen LogP contribution >= 0.6 is 11.3 Å². The molecule has 0 atom stereocenters. The van der Waals surface area contributed by atoms with Gasteiger partial charge in [-0.1, -0.05) is 0 Å². The van der Waals surface area contributed by atoms with Crippen LogP contribution in [-0.4, -0.2) is 21.5 Å². The molecule has 0 amide bonds. The number of nitrogens with zero attached hydrogens (tertiary/aromatic N) is 3. The van der Waals surface area contributed by atoms with E-state index in [1.807, 2.05) is 23.9 Å². The molecule has 0 aromatic carbocycles. The smallest absolute Gasteiger partial charge is 0.0948 e. The lowest BCUT2D eigenvalue weighted by atomic mass is 10.3. The van der Waals surface area contributed by atoms with Crippen LogP contribution in [0.3, 0.4) is 0 Å². The van der Waals surface area contributed by atoms with Crippen molar-refractivity contribution in [1.29, 1.82) is 0 Å². The molecule has 0 fully saturated rings. The number of aryl methyl sites for hydroxylation is 2. The molecule has 2 rings (SSSR count). The van der Waals surface area contributed by atoms with Crippen molar-refractivity contribution >= 4 is 11.3 Å². The van der Waals surface area contributed by atoms with E-state index in [9.17, 15) is 0 Å². The lowest BCUT2D eigenvalue weighted by Crippen LogP contribution is -2.18. The second kappa shape index (κ2) is 5.47. The molecular formula is C13H19N3S. The number of rotatable bonds is 5. The Labute approximate surface area is 107 Å². The molecule has 0 aliphatic rings. The highest BCUT2D eigenvalue weighted by molar-refractivity contribution is 7.11. The van der Waals surface area contributed by atoms with Crippen molar-refractivity contribution in [3.63, 3.8) is 0 Å². The summed E-state index contributed by atoms with van der Waals surface area (Å²) in [7, 11) is 2.15. The fourth-order valence-corrected chi connectivity index (χ4v) is 2.90. The molecule has 0 spiro atoms. The first-order chi connectivity index (χ1) is 8.19. The van der Waals surface area contributed by atoms with E-state index in [1.165, 1.54) is 15.4 Å². The zero-order valence-electron chi connectivity index (χ0n) is 10.7. The van der Waals surface area contributed by atoms with Gasteiger partial charge in [0.05, 0.1) is 12.0 Å². The first-order valence-electron chi connectivity index (χ1n) is 5.92. The zero-order chi connectivity index (χ0) is 12.3. The van der Waals surface area contributed by atoms with Gasteiger partial charge in [-0.2, -0.15) is 0 Å². The highest BCUT2D eigenvalue weighted by Gasteiger charge is 2.06. The third-order valence-corrected chi connectivity index (χ3v) is 3.78. The minimum Gasteiger partial charge on any atom is -0.334 e. The third-order valence-electron chi connectivity index (χ3n) is 2.79. The summed E-state index contributed by atoms with van der Waals surface area (Å²) in [6, 6.07) is 4.40. The summed E-state index contributed by atoms with van der Waals surface area (Å²) >= 11 is 1.87. The van der Waals surface area contributed by atoms with Crippen LogP contribution in [-0.2, 0) is 19.6 Å². The van der Waals surface area contributed by atoms with Crippen LogP contribution in [0.4, 0.5) is 0 Å². The number of thiophene rings is 1. The van der Waals surface area contributed by atoms with Crippen LogP contribution in [0.2, 0.25) is 0 Å². The average Bonchev–Trinajstić information content (AvgIpc) is 2.87. The van der Waals surface area contributed by atoms with Crippen molar-refractivity contribution in [3.8, 4) is 0 Å². The van der Waals surface area contributed by atoms with E-state index in [-0.39, 0.29) is 0 Å². The monoisotopic (exact) mass is 249 g/mol. The van der Waals surface area contributed by atoms with Crippen molar-refractivity contribution in [2.75, 3.05) is 7.05 Å². The Morgan fingerprint density at radius 1 is 1.35 bits per heavy atom. The second-order valence-electron chi connectivity index (χ2n) is 4.36. The van der Waals surface area contributed by atoms with Crippen LogP contribution in [0, 0.1) is 6.92 Å². The maximum absolute atomic E-state index is 4.20. The third kappa shape index (κ3) is 3.17. The lowest BCUT2D eigenvalue weighted by Gasteiger charge is -2.16. The summed E-state index contributed by atoms with van der Waals surface area (Å²) in [6.45, 7) is 7.24. The SMILES string of the molecule is CCn1cncc1CN(C)Cc1ccc(C)s1. The molecule has 0 bridgehead atoms. The minimum atomic E-state index is 0.949. The minimum absolute atomic E-state index is 0.949. The number of imidazole rings is 1. The summed E-state index contributed by atoms with van der Waals surface area (Å²) in [6.07, 6.45) is 3.86. The number of aromatic nitrogens is 2. The van der Waals surface area contributed by atoms with E-state index in [1.54, 1.807) is 0 Å². The Balaban J connectivity index is 1.95. The lowest BCUT2D eigenvalue weighted by molar-refractivity contribution is 0.313. The standard InChI is InChI=1S/C13H19N3S/c1-4-16-10-14-7-12(16)8-15(3)9-13-6-5-11(2)17-13/h5-7,10H,4,8-9H2,1-3H3. The molecular weight excluding hydrogens is 230 g/mol. The molecule has 0 aliphatic carbocycles. The van der Waals surface area contributed by atoms with Gasteiger partial charge in [-0.25, -0.2) is 4.98 Å². The summed E-state index contributed by atoms with van der Waals surface area (Å²) in [4.78, 5) is 9.33. The molecule has 92 valence electrons. The van der Waals surface area contributed by atoms with Crippen LogP contribution in [0.5, 0.6) is 0 Å². The van der Waals surface area contributed by atoms with Crippen molar-refractivity contribution in [2.24, 2.45) is 0 Å². The van der Waals surface area contributed by atoms with Gasteiger partial charge >= 0.3 is 0 Å². The maximum Gasteiger partial charge on any atom is 0.0948 e. The maximum atomic E-state index is 4.20. The van der Waals surface area contributed by atoms with Gasteiger partial charge in [-0.15, -0.1) is 11.3 Å². The van der Waals surface area contributed by atoms with E-state index in [4.69, 9.17) is 0 Å². The van der Waals surface area contributed by atoms with Gasteiger partial charge in [-0.05, 0) is 33.0 Å². The molecule has 2 aromatic heterocycles. The number of hydrogen-bond acceptors (Lipinski definition) is 3. The van der Waals surface area contributed by atoms with Crippen LogP contribution < -0.4 is 0 Å². The molecule has 2 heterocycles. The van der Waals surface area contributed by atoms with Gasteiger partial charge in [-0.3, -0.25) is 4.90 Å². The average molecular weight is 249 g/mol.